The third-order valence-electron chi connectivity index (χ3n) is 6.03. The van der Waals surface area contributed by atoms with Crippen LogP contribution < -0.4 is 10.5 Å². The van der Waals surface area contributed by atoms with Crippen LogP contribution in [0.5, 0.6) is 0 Å². The Labute approximate surface area is 195 Å². The quantitative estimate of drug-likeness (QED) is 0.601. The first-order chi connectivity index (χ1) is 16.4. The molecule has 1 aliphatic rings. The standard InChI is InChI=1S/C25H26F2N4O3/c1-17-20(9-14-32)25(34)31(24(28-17)18-5-4-6-19(26)15-18)16-23(33)30-12-10-29(11-13-30)22-8-3-2-7-21(22)27/h2-8,15,32H,9-14,16H2,1H3. The van der Waals surface area contributed by atoms with E-state index in [1.165, 1.54) is 28.8 Å². The number of aryl methyl sites for hydroxylation is 1. The van der Waals surface area contributed by atoms with Crippen LogP contribution in [-0.2, 0) is 17.8 Å². The molecule has 1 N–H and O–H groups in total. The van der Waals surface area contributed by atoms with Crippen LogP contribution in [-0.4, -0.2) is 58.3 Å². The Hall–Kier alpha value is -3.59. The molecule has 2 aromatic carbocycles. The number of anilines is 1. The lowest BCUT2D eigenvalue weighted by Crippen LogP contribution is -2.50. The molecule has 1 saturated heterocycles. The van der Waals surface area contributed by atoms with Crippen LogP contribution in [0.25, 0.3) is 11.4 Å². The summed E-state index contributed by atoms with van der Waals surface area (Å²) in [4.78, 5) is 34.4. The molecule has 0 atom stereocenters. The fourth-order valence-electron chi connectivity index (χ4n) is 4.24. The van der Waals surface area contributed by atoms with Gasteiger partial charge in [-0.15, -0.1) is 0 Å². The number of nitrogens with zero attached hydrogens (tertiary/aromatic N) is 4. The minimum absolute atomic E-state index is 0.108. The molecule has 178 valence electrons. The molecule has 3 aromatic rings. The first kappa shape index (κ1) is 23.6. The Morgan fingerprint density at radius 3 is 2.47 bits per heavy atom. The Balaban J connectivity index is 1.59. The number of piperazine rings is 1. The zero-order valence-corrected chi connectivity index (χ0v) is 18.9. The normalized spacial score (nSPS) is 13.9. The number of para-hydroxylation sites is 1. The van der Waals surface area contributed by atoms with E-state index in [-0.39, 0.29) is 37.1 Å². The van der Waals surface area contributed by atoms with Crippen molar-refractivity contribution in [2.24, 2.45) is 0 Å². The molecule has 34 heavy (non-hydrogen) atoms. The molecule has 0 aliphatic carbocycles. The Bertz CT molecular complexity index is 1250. The van der Waals surface area contributed by atoms with E-state index in [0.717, 1.165) is 0 Å². The van der Waals surface area contributed by atoms with Gasteiger partial charge in [0.05, 0.1) is 5.69 Å². The van der Waals surface area contributed by atoms with Crippen molar-refractivity contribution in [1.82, 2.24) is 14.5 Å². The average Bonchev–Trinajstić information content (AvgIpc) is 2.83. The Morgan fingerprint density at radius 1 is 1.06 bits per heavy atom. The number of carbonyl (C=O) groups is 1. The van der Waals surface area contributed by atoms with Gasteiger partial charge in [-0.3, -0.25) is 14.2 Å². The number of aliphatic hydroxyl groups excluding tert-OH is 1. The van der Waals surface area contributed by atoms with Crippen molar-refractivity contribution in [3.05, 3.63) is 81.8 Å². The number of carbonyl (C=O) groups excluding carboxylic acids is 1. The van der Waals surface area contributed by atoms with Crippen LogP contribution >= 0.6 is 0 Å². The van der Waals surface area contributed by atoms with Gasteiger partial charge in [0.2, 0.25) is 5.91 Å². The van der Waals surface area contributed by atoms with Gasteiger partial charge in [-0.1, -0.05) is 24.3 Å². The van der Waals surface area contributed by atoms with E-state index < -0.39 is 11.4 Å². The van der Waals surface area contributed by atoms with Gasteiger partial charge in [0.1, 0.15) is 24.0 Å². The molecule has 7 nitrogen and oxygen atoms in total. The molecule has 0 saturated carbocycles. The number of halogens is 2. The Morgan fingerprint density at radius 2 is 1.79 bits per heavy atom. The van der Waals surface area contributed by atoms with E-state index in [9.17, 15) is 23.5 Å². The second kappa shape index (κ2) is 10.1. The molecular weight excluding hydrogens is 442 g/mol. The summed E-state index contributed by atoms with van der Waals surface area (Å²) in [5, 5.41) is 9.37. The summed E-state index contributed by atoms with van der Waals surface area (Å²) in [6.07, 6.45) is 0.108. The van der Waals surface area contributed by atoms with E-state index in [1.54, 1.807) is 36.1 Å². The van der Waals surface area contributed by atoms with Crippen LogP contribution in [0.1, 0.15) is 11.3 Å². The van der Waals surface area contributed by atoms with Crippen LogP contribution in [0.3, 0.4) is 0 Å². The van der Waals surface area contributed by atoms with E-state index in [4.69, 9.17) is 0 Å². The van der Waals surface area contributed by atoms with Gasteiger partial charge < -0.3 is 14.9 Å². The number of amides is 1. The lowest BCUT2D eigenvalue weighted by atomic mass is 10.1. The fourth-order valence-corrected chi connectivity index (χ4v) is 4.24. The number of hydrogen-bond acceptors (Lipinski definition) is 5. The maximum Gasteiger partial charge on any atom is 0.257 e. The molecule has 1 aliphatic heterocycles. The smallest absolute Gasteiger partial charge is 0.257 e. The monoisotopic (exact) mass is 468 g/mol. The van der Waals surface area contributed by atoms with Gasteiger partial charge in [0, 0.05) is 56.0 Å². The minimum Gasteiger partial charge on any atom is -0.396 e. The summed E-state index contributed by atoms with van der Waals surface area (Å²) >= 11 is 0. The predicted molar refractivity (Wildman–Crippen MR) is 125 cm³/mol. The number of aliphatic hydroxyl groups is 1. The van der Waals surface area contributed by atoms with E-state index >= 15 is 0 Å². The summed E-state index contributed by atoms with van der Waals surface area (Å²) in [6, 6.07) is 12.2. The zero-order chi connectivity index (χ0) is 24.2. The lowest BCUT2D eigenvalue weighted by Gasteiger charge is -2.36. The highest BCUT2D eigenvalue weighted by atomic mass is 19.1. The topological polar surface area (TPSA) is 78.7 Å². The molecule has 0 bridgehead atoms. The second-order valence-corrected chi connectivity index (χ2v) is 8.19. The first-order valence-electron chi connectivity index (χ1n) is 11.1. The molecule has 4 rings (SSSR count). The van der Waals surface area contributed by atoms with Crippen LogP contribution in [0.2, 0.25) is 0 Å². The summed E-state index contributed by atoms with van der Waals surface area (Å²) in [7, 11) is 0. The molecule has 9 heteroatoms. The molecule has 0 unspecified atom stereocenters. The molecule has 0 radical (unpaired) electrons. The molecule has 0 spiro atoms. The maximum absolute atomic E-state index is 14.1. The largest absolute Gasteiger partial charge is 0.396 e. The summed E-state index contributed by atoms with van der Waals surface area (Å²) in [6.45, 7) is 2.82. The highest BCUT2D eigenvalue weighted by molar-refractivity contribution is 5.77. The fraction of sp³-hybridized carbons (Fsp3) is 0.320. The molecular formula is C25H26F2N4O3. The highest BCUT2D eigenvalue weighted by Crippen LogP contribution is 2.21. The predicted octanol–water partition coefficient (Wildman–Crippen LogP) is 2.38. The van der Waals surface area contributed by atoms with Crippen molar-refractivity contribution >= 4 is 11.6 Å². The SMILES string of the molecule is Cc1nc(-c2cccc(F)c2)n(CC(=O)N2CCN(c3ccccc3F)CC2)c(=O)c1CCO. The summed E-state index contributed by atoms with van der Waals surface area (Å²) in [5.41, 5.74) is 1.20. The van der Waals surface area contributed by atoms with Gasteiger partial charge in [-0.2, -0.15) is 0 Å². The second-order valence-electron chi connectivity index (χ2n) is 8.19. The number of aromatic nitrogens is 2. The van der Waals surface area contributed by atoms with Gasteiger partial charge in [-0.05, 0) is 31.2 Å². The summed E-state index contributed by atoms with van der Waals surface area (Å²) < 4.78 is 29.3. The van der Waals surface area contributed by atoms with Crippen molar-refractivity contribution in [1.29, 1.82) is 0 Å². The van der Waals surface area contributed by atoms with Gasteiger partial charge in [0.15, 0.2) is 0 Å². The summed E-state index contributed by atoms with van der Waals surface area (Å²) in [5.74, 6) is -0.878. The van der Waals surface area contributed by atoms with Gasteiger partial charge in [-0.25, -0.2) is 13.8 Å². The van der Waals surface area contributed by atoms with E-state index in [2.05, 4.69) is 4.98 Å². The van der Waals surface area contributed by atoms with Crippen molar-refractivity contribution < 1.29 is 18.7 Å². The number of rotatable bonds is 6. The van der Waals surface area contributed by atoms with Crippen LogP contribution in [0.4, 0.5) is 14.5 Å². The minimum atomic E-state index is -0.481. The Kier molecular flexibility index (Phi) is 7.02. The van der Waals surface area contributed by atoms with Crippen molar-refractivity contribution in [3.8, 4) is 11.4 Å². The van der Waals surface area contributed by atoms with E-state index in [0.29, 0.717) is 48.7 Å². The molecule has 2 heterocycles. The maximum atomic E-state index is 14.1. The van der Waals surface area contributed by atoms with E-state index in [1.807, 2.05) is 4.90 Å². The average molecular weight is 469 g/mol. The van der Waals surface area contributed by atoms with Gasteiger partial charge in [0.25, 0.3) is 5.56 Å². The molecule has 1 aromatic heterocycles. The van der Waals surface area contributed by atoms with Crippen molar-refractivity contribution in [2.75, 3.05) is 37.7 Å². The van der Waals surface area contributed by atoms with Gasteiger partial charge >= 0.3 is 0 Å². The highest BCUT2D eigenvalue weighted by Gasteiger charge is 2.25. The number of hydrogen-bond donors (Lipinski definition) is 1. The van der Waals surface area contributed by atoms with Crippen molar-refractivity contribution in [3.63, 3.8) is 0 Å². The molecule has 1 amide bonds. The molecule has 1 fully saturated rings. The zero-order valence-electron chi connectivity index (χ0n) is 18.9. The lowest BCUT2D eigenvalue weighted by molar-refractivity contribution is -0.132. The van der Waals surface area contributed by atoms with Crippen molar-refractivity contribution in [2.45, 2.75) is 19.9 Å². The third-order valence-corrected chi connectivity index (χ3v) is 6.03. The first-order valence-corrected chi connectivity index (χ1v) is 11.1. The number of benzene rings is 2. The van der Waals surface area contributed by atoms with Crippen LogP contribution in [0, 0.1) is 18.6 Å². The van der Waals surface area contributed by atoms with Crippen LogP contribution in [0.15, 0.2) is 53.3 Å². The third kappa shape index (κ3) is 4.84.